The summed E-state index contributed by atoms with van der Waals surface area (Å²) in [6, 6.07) is 2.52. The molecule has 4 rings (SSSR count). The Morgan fingerprint density at radius 2 is 2.19 bits per heavy atom. The third kappa shape index (κ3) is 2.14. The quantitative estimate of drug-likeness (QED) is 0.910. The van der Waals surface area contributed by atoms with E-state index < -0.39 is 0 Å². The topological polar surface area (TPSA) is 35.6 Å². The summed E-state index contributed by atoms with van der Waals surface area (Å²) in [5, 5.41) is 8.02. The molecular formula is C16H23N3OS. The fourth-order valence-corrected chi connectivity index (χ4v) is 4.96. The molecule has 0 aromatic carbocycles. The van der Waals surface area contributed by atoms with E-state index in [1.54, 1.807) is 11.3 Å². The van der Waals surface area contributed by atoms with Gasteiger partial charge in [0.05, 0.1) is 5.54 Å². The van der Waals surface area contributed by atoms with Gasteiger partial charge in [0.2, 0.25) is 5.91 Å². The Hall–Kier alpha value is -0.910. The van der Waals surface area contributed by atoms with Gasteiger partial charge >= 0.3 is 0 Å². The van der Waals surface area contributed by atoms with E-state index in [4.69, 9.17) is 0 Å². The molecular weight excluding hydrogens is 282 g/mol. The molecule has 1 aromatic rings. The van der Waals surface area contributed by atoms with Crippen molar-refractivity contribution in [2.45, 2.75) is 49.9 Å². The molecule has 0 radical (unpaired) electrons. The molecule has 2 atom stereocenters. The van der Waals surface area contributed by atoms with Crippen LogP contribution in [0, 0.1) is 0 Å². The zero-order valence-electron chi connectivity index (χ0n) is 12.5. The molecule has 1 aliphatic carbocycles. The molecule has 3 heterocycles. The standard InChI is InChI=1S/C16H23N3OS/c1-18-8-4-13(10-18)19-14(12-5-9-21-11-12)17-16(15(19)20)6-2-3-7-16/h5,9,11,13-14,17H,2-4,6-8,10H2,1H3. The lowest BCUT2D eigenvalue weighted by Crippen LogP contribution is -2.46. The fourth-order valence-electron chi connectivity index (χ4n) is 4.28. The van der Waals surface area contributed by atoms with E-state index in [2.05, 4.69) is 39.0 Å². The molecule has 5 heteroatoms. The second kappa shape index (κ2) is 5.07. The highest BCUT2D eigenvalue weighted by Gasteiger charge is 2.54. The number of rotatable bonds is 2. The SMILES string of the molecule is CN1CCC(N2C(=O)C3(CCCC3)NC2c2ccsc2)C1. The van der Waals surface area contributed by atoms with Crippen molar-refractivity contribution >= 4 is 17.2 Å². The lowest BCUT2D eigenvalue weighted by molar-refractivity contribution is -0.135. The number of carbonyl (C=O) groups is 1. The smallest absolute Gasteiger partial charge is 0.244 e. The number of hydrogen-bond acceptors (Lipinski definition) is 4. The van der Waals surface area contributed by atoms with Gasteiger partial charge in [-0.2, -0.15) is 11.3 Å². The van der Waals surface area contributed by atoms with E-state index in [0.29, 0.717) is 11.9 Å². The summed E-state index contributed by atoms with van der Waals surface area (Å²) in [5.41, 5.74) is 0.986. The lowest BCUT2D eigenvalue weighted by atomic mass is 9.97. The van der Waals surface area contributed by atoms with Gasteiger partial charge in [-0.3, -0.25) is 10.1 Å². The Kier molecular flexibility index (Phi) is 3.32. The molecule has 2 unspecified atom stereocenters. The molecule has 1 amide bonds. The molecule has 21 heavy (non-hydrogen) atoms. The van der Waals surface area contributed by atoms with Gasteiger partial charge in [0.1, 0.15) is 6.17 Å². The minimum atomic E-state index is -0.270. The third-order valence-electron chi connectivity index (χ3n) is 5.41. The Morgan fingerprint density at radius 3 is 2.81 bits per heavy atom. The summed E-state index contributed by atoms with van der Waals surface area (Å²) in [6.07, 6.45) is 5.54. The number of likely N-dealkylation sites (tertiary alicyclic amines) is 1. The predicted molar refractivity (Wildman–Crippen MR) is 84.1 cm³/mol. The normalized spacial score (nSPS) is 32.6. The van der Waals surface area contributed by atoms with Crippen molar-refractivity contribution in [3.05, 3.63) is 22.4 Å². The van der Waals surface area contributed by atoms with E-state index in [1.165, 1.54) is 18.4 Å². The maximum absolute atomic E-state index is 13.2. The van der Waals surface area contributed by atoms with Gasteiger partial charge in [-0.15, -0.1) is 0 Å². The summed E-state index contributed by atoms with van der Waals surface area (Å²) in [6.45, 7) is 2.10. The van der Waals surface area contributed by atoms with Gasteiger partial charge < -0.3 is 9.80 Å². The van der Waals surface area contributed by atoms with E-state index in [9.17, 15) is 4.79 Å². The van der Waals surface area contributed by atoms with Crippen LogP contribution in [0.3, 0.4) is 0 Å². The monoisotopic (exact) mass is 305 g/mol. The molecule has 3 fully saturated rings. The molecule has 114 valence electrons. The maximum Gasteiger partial charge on any atom is 0.244 e. The number of amides is 1. The van der Waals surface area contributed by atoms with Gasteiger partial charge in [-0.1, -0.05) is 12.8 Å². The Labute approximate surface area is 130 Å². The molecule has 1 spiro atoms. The molecule has 1 saturated carbocycles. The zero-order valence-corrected chi connectivity index (χ0v) is 13.4. The number of likely N-dealkylation sites (N-methyl/N-ethyl adjacent to an activating group) is 1. The number of nitrogens with one attached hydrogen (secondary N) is 1. The van der Waals surface area contributed by atoms with Crippen molar-refractivity contribution in [3.63, 3.8) is 0 Å². The molecule has 4 nitrogen and oxygen atoms in total. The number of thiophene rings is 1. The number of nitrogens with zero attached hydrogens (tertiary/aromatic N) is 2. The van der Waals surface area contributed by atoms with Crippen LogP contribution in [0.4, 0.5) is 0 Å². The molecule has 3 aliphatic rings. The number of hydrogen-bond donors (Lipinski definition) is 1. The van der Waals surface area contributed by atoms with Crippen LogP contribution in [0.25, 0.3) is 0 Å². The average Bonchev–Trinajstić information content (AvgIpc) is 3.22. The minimum Gasteiger partial charge on any atom is -0.317 e. The molecule has 2 aliphatic heterocycles. The maximum atomic E-state index is 13.2. The van der Waals surface area contributed by atoms with Crippen molar-refractivity contribution in [1.29, 1.82) is 0 Å². The molecule has 1 aromatic heterocycles. The van der Waals surface area contributed by atoms with E-state index in [-0.39, 0.29) is 11.7 Å². The predicted octanol–water partition coefficient (Wildman–Crippen LogP) is 2.20. The van der Waals surface area contributed by atoms with Crippen molar-refractivity contribution in [2.75, 3.05) is 20.1 Å². The van der Waals surface area contributed by atoms with Crippen LogP contribution in [0.1, 0.15) is 43.8 Å². The first kappa shape index (κ1) is 13.7. The van der Waals surface area contributed by atoms with E-state index >= 15 is 0 Å². The second-order valence-electron chi connectivity index (χ2n) is 6.81. The van der Waals surface area contributed by atoms with E-state index in [0.717, 1.165) is 32.4 Å². The largest absolute Gasteiger partial charge is 0.317 e. The summed E-state index contributed by atoms with van der Waals surface area (Å²) in [4.78, 5) is 17.7. The van der Waals surface area contributed by atoms with Gasteiger partial charge in [-0.25, -0.2) is 0 Å². The van der Waals surface area contributed by atoms with Gasteiger partial charge in [0.25, 0.3) is 0 Å². The summed E-state index contributed by atoms with van der Waals surface area (Å²) >= 11 is 1.72. The van der Waals surface area contributed by atoms with Gasteiger partial charge in [0, 0.05) is 12.6 Å². The van der Waals surface area contributed by atoms with Crippen molar-refractivity contribution in [3.8, 4) is 0 Å². The zero-order chi connectivity index (χ0) is 14.4. The fraction of sp³-hybridized carbons (Fsp3) is 0.688. The van der Waals surface area contributed by atoms with Crippen molar-refractivity contribution < 1.29 is 4.79 Å². The summed E-state index contributed by atoms with van der Waals surface area (Å²) in [5.74, 6) is 0.358. The van der Waals surface area contributed by atoms with Crippen molar-refractivity contribution in [2.24, 2.45) is 0 Å². The highest BCUT2D eigenvalue weighted by molar-refractivity contribution is 7.08. The van der Waals surface area contributed by atoms with Gasteiger partial charge in [0.15, 0.2) is 0 Å². The minimum absolute atomic E-state index is 0.0818. The van der Waals surface area contributed by atoms with Crippen LogP contribution in [0.5, 0.6) is 0 Å². The first-order valence-corrected chi connectivity index (χ1v) is 8.95. The second-order valence-corrected chi connectivity index (χ2v) is 7.59. The first-order chi connectivity index (χ1) is 10.2. The molecule has 0 bridgehead atoms. The van der Waals surface area contributed by atoms with Crippen LogP contribution in [0.15, 0.2) is 16.8 Å². The van der Waals surface area contributed by atoms with Gasteiger partial charge in [-0.05, 0) is 55.2 Å². The first-order valence-electron chi connectivity index (χ1n) is 8.01. The Balaban J connectivity index is 1.68. The lowest BCUT2D eigenvalue weighted by Gasteiger charge is -2.30. The van der Waals surface area contributed by atoms with Crippen LogP contribution in [-0.4, -0.2) is 47.4 Å². The summed E-state index contributed by atoms with van der Waals surface area (Å²) in [7, 11) is 2.15. The number of carbonyl (C=O) groups excluding carboxylic acids is 1. The summed E-state index contributed by atoms with van der Waals surface area (Å²) < 4.78 is 0. The van der Waals surface area contributed by atoms with Crippen LogP contribution >= 0.6 is 11.3 Å². The van der Waals surface area contributed by atoms with Crippen LogP contribution in [0.2, 0.25) is 0 Å². The highest BCUT2D eigenvalue weighted by atomic mass is 32.1. The molecule has 2 saturated heterocycles. The Bertz CT molecular complexity index is 524. The van der Waals surface area contributed by atoms with E-state index in [1.807, 2.05) is 0 Å². The third-order valence-corrected chi connectivity index (χ3v) is 6.11. The average molecular weight is 305 g/mol. The highest BCUT2D eigenvalue weighted by Crippen LogP contribution is 2.43. The molecule has 1 N–H and O–H groups in total. The van der Waals surface area contributed by atoms with Crippen molar-refractivity contribution in [1.82, 2.24) is 15.1 Å². The Morgan fingerprint density at radius 1 is 1.38 bits per heavy atom. The van der Waals surface area contributed by atoms with Crippen LogP contribution in [-0.2, 0) is 4.79 Å². The van der Waals surface area contributed by atoms with Crippen LogP contribution < -0.4 is 5.32 Å².